The lowest BCUT2D eigenvalue weighted by Gasteiger charge is -1.99. The van der Waals surface area contributed by atoms with E-state index in [1.54, 1.807) is 13.1 Å². The minimum absolute atomic E-state index is 0.0288. The molecule has 4 heteroatoms. The van der Waals surface area contributed by atoms with Crippen molar-refractivity contribution in [1.29, 1.82) is 0 Å². The van der Waals surface area contributed by atoms with Gasteiger partial charge in [0.25, 0.3) is 0 Å². The summed E-state index contributed by atoms with van der Waals surface area (Å²) in [6, 6.07) is 5.57. The van der Waals surface area contributed by atoms with E-state index in [9.17, 15) is 0 Å². The Labute approximate surface area is 76.9 Å². The fourth-order valence-corrected chi connectivity index (χ4v) is 0.807. The predicted octanol–water partition coefficient (Wildman–Crippen LogP) is 0.815. The molecule has 0 aliphatic heterocycles. The average Bonchev–Trinajstić information content (AvgIpc) is 2.19. The van der Waals surface area contributed by atoms with Crippen molar-refractivity contribution in [2.45, 2.75) is 6.92 Å². The Hall–Kier alpha value is -1.42. The van der Waals surface area contributed by atoms with E-state index in [1.165, 1.54) is 0 Å². The topological polar surface area (TPSA) is 54.7 Å². The summed E-state index contributed by atoms with van der Waals surface area (Å²) in [6.45, 7) is 1.99. The molecule has 0 aliphatic carbocycles. The molecule has 0 bridgehead atoms. The summed E-state index contributed by atoms with van der Waals surface area (Å²) < 4.78 is 0. The van der Waals surface area contributed by atoms with Crippen molar-refractivity contribution in [1.82, 2.24) is 4.98 Å². The molecule has 0 aromatic carbocycles. The molecule has 0 saturated heterocycles. The number of aromatic nitrogens is 1. The number of hydrogen-bond donors (Lipinski definition) is 1. The molecule has 1 N–H and O–H groups in total. The van der Waals surface area contributed by atoms with Crippen LogP contribution >= 0.6 is 0 Å². The summed E-state index contributed by atoms with van der Waals surface area (Å²) in [5, 5.41) is 12.2. The van der Waals surface area contributed by atoms with Crippen molar-refractivity contribution in [3.63, 3.8) is 0 Å². The zero-order valence-electron chi connectivity index (χ0n) is 7.47. The summed E-state index contributed by atoms with van der Waals surface area (Å²) in [5.41, 5.74) is 1.48. The van der Waals surface area contributed by atoms with Crippen molar-refractivity contribution >= 4 is 5.71 Å². The van der Waals surface area contributed by atoms with Crippen LogP contribution in [0.5, 0.6) is 0 Å². The summed E-state index contributed by atoms with van der Waals surface area (Å²) in [4.78, 5) is 8.88. The zero-order valence-corrected chi connectivity index (χ0v) is 7.47. The van der Waals surface area contributed by atoms with Crippen LogP contribution in [-0.2, 0) is 4.84 Å². The molecule has 0 saturated carbocycles. The summed E-state index contributed by atoms with van der Waals surface area (Å²) in [5.74, 6) is 0. The number of aliphatic hydroxyl groups excluding tert-OH is 1. The summed E-state index contributed by atoms with van der Waals surface area (Å²) in [7, 11) is 0. The maximum absolute atomic E-state index is 8.44. The van der Waals surface area contributed by atoms with Gasteiger partial charge in [0, 0.05) is 6.20 Å². The number of hydrogen-bond acceptors (Lipinski definition) is 4. The molecule has 1 aromatic heterocycles. The summed E-state index contributed by atoms with van der Waals surface area (Å²) >= 11 is 0. The third-order valence-corrected chi connectivity index (χ3v) is 1.42. The van der Waals surface area contributed by atoms with Crippen LogP contribution in [0.3, 0.4) is 0 Å². The second kappa shape index (κ2) is 5.27. The van der Waals surface area contributed by atoms with E-state index in [0.717, 1.165) is 5.69 Å². The van der Waals surface area contributed by atoms with Crippen LogP contribution in [0.15, 0.2) is 29.6 Å². The molecule has 0 amide bonds. The van der Waals surface area contributed by atoms with Crippen LogP contribution in [0.2, 0.25) is 0 Å². The van der Waals surface area contributed by atoms with Gasteiger partial charge in [0.2, 0.25) is 0 Å². The Morgan fingerprint density at radius 3 is 3.08 bits per heavy atom. The Kier molecular flexibility index (Phi) is 3.92. The van der Waals surface area contributed by atoms with E-state index >= 15 is 0 Å². The van der Waals surface area contributed by atoms with Gasteiger partial charge in [0.15, 0.2) is 0 Å². The highest BCUT2D eigenvalue weighted by atomic mass is 16.6. The van der Waals surface area contributed by atoms with Crippen LogP contribution in [0.4, 0.5) is 0 Å². The fourth-order valence-electron chi connectivity index (χ4n) is 0.807. The molecule has 0 unspecified atom stereocenters. The monoisotopic (exact) mass is 180 g/mol. The number of aliphatic hydroxyl groups is 1. The van der Waals surface area contributed by atoms with E-state index in [0.29, 0.717) is 5.71 Å². The van der Waals surface area contributed by atoms with Crippen molar-refractivity contribution in [3.05, 3.63) is 30.1 Å². The van der Waals surface area contributed by atoms with Crippen molar-refractivity contribution in [3.8, 4) is 0 Å². The zero-order chi connectivity index (χ0) is 9.52. The van der Waals surface area contributed by atoms with Crippen molar-refractivity contribution in [2.24, 2.45) is 5.16 Å². The first-order valence-corrected chi connectivity index (χ1v) is 4.03. The second-order valence-electron chi connectivity index (χ2n) is 2.45. The molecule has 0 aliphatic rings. The molecular weight excluding hydrogens is 168 g/mol. The second-order valence-corrected chi connectivity index (χ2v) is 2.45. The molecular formula is C9H12N2O2. The van der Waals surface area contributed by atoms with Crippen molar-refractivity contribution in [2.75, 3.05) is 13.2 Å². The lowest BCUT2D eigenvalue weighted by molar-refractivity contribution is 0.0986. The van der Waals surface area contributed by atoms with Gasteiger partial charge in [-0.2, -0.15) is 0 Å². The number of oxime groups is 1. The molecule has 0 atom stereocenters. The number of pyridine rings is 1. The molecule has 1 heterocycles. The van der Waals surface area contributed by atoms with E-state index in [1.807, 2.05) is 18.2 Å². The number of nitrogens with zero attached hydrogens (tertiary/aromatic N) is 2. The largest absolute Gasteiger partial charge is 0.393 e. The van der Waals surface area contributed by atoms with Crippen LogP contribution in [0, 0.1) is 0 Å². The molecule has 0 spiro atoms. The minimum Gasteiger partial charge on any atom is -0.393 e. The molecule has 13 heavy (non-hydrogen) atoms. The lowest BCUT2D eigenvalue weighted by atomic mass is 10.3. The van der Waals surface area contributed by atoms with Gasteiger partial charge in [-0.3, -0.25) is 4.98 Å². The van der Waals surface area contributed by atoms with Gasteiger partial charge in [-0.15, -0.1) is 0 Å². The van der Waals surface area contributed by atoms with E-state index < -0.39 is 0 Å². The first-order chi connectivity index (χ1) is 6.34. The lowest BCUT2D eigenvalue weighted by Crippen LogP contribution is -2.01. The van der Waals surface area contributed by atoms with Gasteiger partial charge in [0.1, 0.15) is 12.3 Å². The Morgan fingerprint density at radius 1 is 1.62 bits per heavy atom. The minimum atomic E-state index is -0.0288. The fraction of sp³-hybridized carbons (Fsp3) is 0.333. The highest BCUT2D eigenvalue weighted by Crippen LogP contribution is 1.96. The third-order valence-electron chi connectivity index (χ3n) is 1.42. The molecule has 4 nitrogen and oxygen atoms in total. The SMILES string of the molecule is CC(=NOCCO)c1ccccn1. The molecule has 0 radical (unpaired) electrons. The van der Waals surface area contributed by atoms with E-state index in [-0.39, 0.29) is 13.2 Å². The van der Waals surface area contributed by atoms with Crippen LogP contribution in [-0.4, -0.2) is 29.0 Å². The van der Waals surface area contributed by atoms with E-state index in [2.05, 4.69) is 10.1 Å². The maximum Gasteiger partial charge on any atom is 0.140 e. The number of rotatable bonds is 4. The van der Waals surface area contributed by atoms with E-state index in [4.69, 9.17) is 9.94 Å². The van der Waals surface area contributed by atoms with Gasteiger partial charge in [-0.25, -0.2) is 0 Å². The molecule has 70 valence electrons. The van der Waals surface area contributed by atoms with Crippen LogP contribution < -0.4 is 0 Å². The molecule has 1 rings (SSSR count). The Balaban J connectivity index is 2.57. The standard InChI is InChI=1S/C9H12N2O2/c1-8(11-13-7-6-12)9-4-2-3-5-10-9/h2-5,12H,6-7H2,1H3. The highest BCUT2D eigenvalue weighted by Gasteiger charge is 1.96. The van der Waals surface area contributed by atoms with Gasteiger partial charge >= 0.3 is 0 Å². The highest BCUT2D eigenvalue weighted by molar-refractivity contribution is 5.96. The quantitative estimate of drug-likeness (QED) is 0.424. The maximum atomic E-state index is 8.44. The molecule has 1 aromatic rings. The van der Waals surface area contributed by atoms with Crippen LogP contribution in [0.1, 0.15) is 12.6 Å². The average molecular weight is 180 g/mol. The third kappa shape index (κ3) is 3.21. The Morgan fingerprint density at radius 2 is 2.46 bits per heavy atom. The van der Waals surface area contributed by atoms with Crippen molar-refractivity contribution < 1.29 is 9.94 Å². The Bertz CT molecular complexity index is 272. The first-order valence-electron chi connectivity index (χ1n) is 4.03. The normalized spacial score (nSPS) is 11.4. The van der Waals surface area contributed by atoms with Gasteiger partial charge < -0.3 is 9.94 Å². The van der Waals surface area contributed by atoms with Gasteiger partial charge in [-0.05, 0) is 19.1 Å². The first kappa shape index (κ1) is 9.67. The summed E-state index contributed by atoms with van der Waals surface area (Å²) in [6.07, 6.45) is 1.69. The van der Waals surface area contributed by atoms with Gasteiger partial charge in [0.05, 0.1) is 12.3 Å². The predicted molar refractivity (Wildman–Crippen MR) is 49.5 cm³/mol. The molecule has 0 fully saturated rings. The van der Waals surface area contributed by atoms with Gasteiger partial charge in [-0.1, -0.05) is 11.2 Å². The van der Waals surface area contributed by atoms with Crippen LogP contribution in [0.25, 0.3) is 0 Å². The smallest absolute Gasteiger partial charge is 0.140 e.